The zero-order valence-corrected chi connectivity index (χ0v) is 11.2. The normalized spacial score (nSPS) is 10.1. The van der Waals surface area contributed by atoms with Gasteiger partial charge in [0, 0.05) is 6.42 Å². The highest BCUT2D eigenvalue weighted by atomic mass is 16.4. The van der Waals surface area contributed by atoms with E-state index in [1.54, 1.807) is 0 Å². The Labute approximate surface area is 116 Å². The van der Waals surface area contributed by atoms with Crippen LogP contribution in [0, 0.1) is 6.92 Å². The average Bonchev–Trinajstić information content (AvgIpc) is 2.35. The number of carbonyl (C=O) groups is 3. The average molecular weight is 279 g/mol. The summed E-state index contributed by atoms with van der Waals surface area (Å²) in [7, 11) is 0. The molecule has 0 aliphatic rings. The van der Waals surface area contributed by atoms with Crippen LogP contribution in [0.3, 0.4) is 0 Å². The summed E-state index contributed by atoms with van der Waals surface area (Å²) in [4.78, 5) is 34.0. The maximum absolute atomic E-state index is 11.9. The predicted molar refractivity (Wildman–Crippen MR) is 71.4 cm³/mol. The monoisotopic (exact) mass is 279 g/mol. The number of aliphatic carboxylic acids is 2. The Morgan fingerprint density at radius 1 is 1.05 bits per heavy atom. The van der Waals surface area contributed by atoms with E-state index in [2.05, 4.69) is 0 Å². The van der Waals surface area contributed by atoms with Gasteiger partial charge in [-0.25, -0.2) is 0 Å². The second-order valence-corrected chi connectivity index (χ2v) is 4.46. The minimum absolute atomic E-state index is 0.0887. The molecule has 0 bridgehead atoms. The highest BCUT2D eigenvalue weighted by Crippen LogP contribution is 2.10. The Kier molecular flexibility index (Phi) is 5.71. The van der Waals surface area contributed by atoms with Crippen LogP contribution in [-0.2, 0) is 20.8 Å². The summed E-state index contributed by atoms with van der Waals surface area (Å²) in [5.41, 5.74) is 2.04. The molecule has 0 fully saturated rings. The largest absolute Gasteiger partial charge is 0.480 e. The van der Waals surface area contributed by atoms with Gasteiger partial charge in [0.05, 0.1) is 0 Å². The molecule has 0 saturated heterocycles. The van der Waals surface area contributed by atoms with Crippen LogP contribution in [0.2, 0.25) is 0 Å². The first kappa shape index (κ1) is 15.7. The van der Waals surface area contributed by atoms with Crippen LogP contribution < -0.4 is 0 Å². The van der Waals surface area contributed by atoms with Crippen molar-refractivity contribution in [1.29, 1.82) is 0 Å². The van der Waals surface area contributed by atoms with Crippen LogP contribution in [0.25, 0.3) is 0 Å². The minimum Gasteiger partial charge on any atom is -0.480 e. The maximum Gasteiger partial charge on any atom is 0.323 e. The summed E-state index contributed by atoms with van der Waals surface area (Å²) in [6.45, 7) is 0.726. The smallest absolute Gasteiger partial charge is 0.323 e. The van der Waals surface area contributed by atoms with E-state index in [4.69, 9.17) is 10.2 Å². The van der Waals surface area contributed by atoms with Crippen LogP contribution >= 0.6 is 0 Å². The Morgan fingerprint density at radius 3 is 2.10 bits per heavy atom. The van der Waals surface area contributed by atoms with E-state index in [-0.39, 0.29) is 6.42 Å². The van der Waals surface area contributed by atoms with Gasteiger partial charge in [0.25, 0.3) is 0 Å². The number of amides is 1. The number of carboxylic acid groups (broad SMARTS) is 2. The number of hydrogen-bond donors (Lipinski definition) is 2. The molecule has 0 aromatic heterocycles. The molecular formula is C14H17NO5. The lowest BCUT2D eigenvalue weighted by Crippen LogP contribution is -2.39. The number of carboxylic acids is 2. The molecule has 0 radical (unpaired) electrons. The lowest BCUT2D eigenvalue weighted by atomic mass is 10.0. The Hall–Kier alpha value is -2.37. The molecule has 0 unspecified atom stereocenters. The third-order valence-corrected chi connectivity index (χ3v) is 2.87. The van der Waals surface area contributed by atoms with Crippen LogP contribution in [0.1, 0.15) is 17.5 Å². The van der Waals surface area contributed by atoms with Gasteiger partial charge in [-0.2, -0.15) is 0 Å². The lowest BCUT2D eigenvalue weighted by Gasteiger charge is -2.18. The van der Waals surface area contributed by atoms with Crippen molar-refractivity contribution in [1.82, 2.24) is 4.90 Å². The van der Waals surface area contributed by atoms with E-state index in [0.717, 1.165) is 16.0 Å². The zero-order valence-electron chi connectivity index (χ0n) is 11.2. The molecule has 1 rings (SSSR count). The Balaban J connectivity index is 2.64. The van der Waals surface area contributed by atoms with Gasteiger partial charge in [0.2, 0.25) is 5.91 Å². The number of aryl methyl sites for hydroxylation is 2. The topological polar surface area (TPSA) is 94.9 Å². The summed E-state index contributed by atoms with van der Waals surface area (Å²) < 4.78 is 0. The summed E-state index contributed by atoms with van der Waals surface area (Å²) in [6.07, 6.45) is 0.548. The van der Waals surface area contributed by atoms with E-state index in [1.165, 1.54) is 0 Å². The molecule has 6 heteroatoms. The molecule has 6 nitrogen and oxygen atoms in total. The number of hydrogen-bond acceptors (Lipinski definition) is 3. The molecule has 0 spiro atoms. The van der Waals surface area contributed by atoms with Gasteiger partial charge in [-0.05, 0) is 24.5 Å². The molecule has 108 valence electrons. The molecule has 0 atom stereocenters. The van der Waals surface area contributed by atoms with Gasteiger partial charge < -0.3 is 15.1 Å². The summed E-state index contributed by atoms with van der Waals surface area (Å²) in [6, 6.07) is 7.56. The van der Waals surface area contributed by atoms with Gasteiger partial charge >= 0.3 is 11.9 Å². The fraction of sp³-hybridized carbons (Fsp3) is 0.357. The maximum atomic E-state index is 11.9. The van der Waals surface area contributed by atoms with Crippen molar-refractivity contribution in [2.45, 2.75) is 19.8 Å². The van der Waals surface area contributed by atoms with Crippen LogP contribution in [-0.4, -0.2) is 46.0 Å². The number of carbonyl (C=O) groups excluding carboxylic acids is 1. The molecule has 0 heterocycles. The van der Waals surface area contributed by atoms with Gasteiger partial charge in [0.1, 0.15) is 13.1 Å². The molecule has 1 aromatic rings. The summed E-state index contributed by atoms with van der Waals surface area (Å²) in [5.74, 6) is -2.93. The van der Waals surface area contributed by atoms with Crippen molar-refractivity contribution in [2.75, 3.05) is 13.1 Å². The van der Waals surface area contributed by atoms with Crippen molar-refractivity contribution in [2.24, 2.45) is 0 Å². The van der Waals surface area contributed by atoms with Crippen molar-refractivity contribution < 1.29 is 24.6 Å². The quantitative estimate of drug-likeness (QED) is 0.774. The molecule has 1 amide bonds. The van der Waals surface area contributed by atoms with Gasteiger partial charge in [-0.3, -0.25) is 14.4 Å². The standard InChI is InChI=1S/C14H17NO5/c1-10-4-2-3-5-11(10)6-7-12(16)15(8-13(17)18)9-14(19)20/h2-5H,6-9H2,1H3,(H,17,18)(H,19,20). The van der Waals surface area contributed by atoms with Gasteiger partial charge in [-0.15, -0.1) is 0 Å². The SMILES string of the molecule is Cc1ccccc1CCC(=O)N(CC(=O)O)CC(=O)O. The first-order chi connectivity index (χ1) is 9.40. The fourth-order valence-corrected chi connectivity index (χ4v) is 1.85. The molecule has 1 aromatic carbocycles. The third-order valence-electron chi connectivity index (χ3n) is 2.87. The van der Waals surface area contributed by atoms with Crippen molar-refractivity contribution >= 4 is 17.8 Å². The Morgan fingerprint density at radius 2 is 1.60 bits per heavy atom. The number of nitrogens with zero attached hydrogens (tertiary/aromatic N) is 1. The van der Waals surface area contributed by atoms with Crippen LogP contribution in [0.15, 0.2) is 24.3 Å². The van der Waals surface area contributed by atoms with E-state index in [0.29, 0.717) is 6.42 Å². The van der Waals surface area contributed by atoms with Crippen LogP contribution in [0.4, 0.5) is 0 Å². The highest BCUT2D eigenvalue weighted by molar-refractivity contribution is 5.85. The fourth-order valence-electron chi connectivity index (χ4n) is 1.85. The molecule has 2 N–H and O–H groups in total. The predicted octanol–water partition coefficient (Wildman–Crippen LogP) is 0.925. The number of rotatable bonds is 7. The highest BCUT2D eigenvalue weighted by Gasteiger charge is 2.19. The van der Waals surface area contributed by atoms with E-state index >= 15 is 0 Å². The lowest BCUT2D eigenvalue weighted by molar-refractivity contribution is -0.149. The van der Waals surface area contributed by atoms with Gasteiger partial charge in [-0.1, -0.05) is 24.3 Å². The van der Waals surface area contributed by atoms with Crippen molar-refractivity contribution in [3.8, 4) is 0 Å². The Bertz CT molecular complexity index is 496. The molecule has 0 aliphatic carbocycles. The summed E-state index contributed by atoms with van der Waals surface area (Å²) in [5, 5.41) is 17.4. The molecule has 0 aliphatic heterocycles. The minimum atomic E-state index is -1.23. The second-order valence-electron chi connectivity index (χ2n) is 4.46. The third kappa shape index (κ3) is 5.09. The molecule has 20 heavy (non-hydrogen) atoms. The van der Waals surface area contributed by atoms with E-state index < -0.39 is 30.9 Å². The molecular weight excluding hydrogens is 262 g/mol. The second kappa shape index (κ2) is 7.28. The number of benzene rings is 1. The van der Waals surface area contributed by atoms with Crippen molar-refractivity contribution in [3.05, 3.63) is 35.4 Å². The van der Waals surface area contributed by atoms with E-state index in [1.807, 2.05) is 31.2 Å². The summed E-state index contributed by atoms with van der Waals surface area (Å²) >= 11 is 0. The first-order valence-electron chi connectivity index (χ1n) is 6.16. The van der Waals surface area contributed by atoms with E-state index in [9.17, 15) is 14.4 Å². The van der Waals surface area contributed by atoms with Gasteiger partial charge in [0.15, 0.2) is 0 Å². The molecule has 0 saturated carbocycles. The first-order valence-corrected chi connectivity index (χ1v) is 6.16. The van der Waals surface area contributed by atoms with Crippen molar-refractivity contribution in [3.63, 3.8) is 0 Å². The zero-order chi connectivity index (χ0) is 15.1. The van der Waals surface area contributed by atoms with Crippen LogP contribution in [0.5, 0.6) is 0 Å².